The molecular weight excluding hydrogens is 539 g/mol. The fourth-order valence-corrected chi connectivity index (χ4v) is 3.51. The van der Waals surface area contributed by atoms with Gasteiger partial charge in [0.25, 0.3) is 22.9 Å². The Bertz CT molecular complexity index is 1510. The Morgan fingerprint density at radius 2 is 1.00 bits per heavy atom. The molecule has 0 atom stereocenters. The number of hydrogen-bond acceptors (Lipinski definition) is 10. The van der Waals surface area contributed by atoms with Gasteiger partial charge in [-0.15, -0.1) is 0 Å². The smallest absolute Gasteiger partial charge is 0.286 e. The summed E-state index contributed by atoms with van der Waals surface area (Å²) in [5.41, 5.74) is 6.33. The van der Waals surface area contributed by atoms with Gasteiger partial charge >= 0.3 is 0 Å². The number of nitrogens with two attached hydrogens (primary N) is 2. The van der Waals surface area contributed by atoms with Crippen LogP contribution in [0.4, 0.5) is 11.4 Å². The molecule has 0 unspecified atom stereocenters. The predicted octanol–water partition coefficient (Wildman–Crippen LogP) is 1.14. The van der Waals surface area contributed by atoms with Gasteiger partial charge < -0.3 is 9.97 Å². The highest BCUT2D eigenvalue weighted by Gasteiger charge is 2.22. The van der Waals surface area contributed by atoms with Crippen LogP contribution in [0.3, 0.4) is 0 Å². The molecule has 0 spiro atoms. The average molecular weight is 557 g/mol. The summed E-state index contributed by atoms with van der Waals surface area (Å²) in [6.07, 6.45) is 0. The highest BCUT2D eigenvalue weighted by Crippen LogP contribution is 2.21. The zero-order valence-electron chi connectivity index (χ0n) is 19.1. The number of nitrogen functional groups attached to an aromatic ring is 2. The van der Waals surface area contributed by atoms with Gasteiger partial charge in [-0.1, -0.05) is 23.2 Å². The zero-order chi connectivity index (χ0) is 27.4. The van der Waals surface area contributed by atoms with Crippen molar-refractivity contribution in [1.29, 1.82) is 0 Å². The Morgan fingerprint density at radius 3 is 1.32 bits per heavy atom. The van der Waals surface area contributed by atoms with E-state index < -0.39 is 45.7 Å². The molecule has 0 aliphatic rings. The molecular formula is C22H18Cl2N10O4. The van der Waals surface area contributed by atoms with Gasteiger partial charge in [0.15, 0.2) is 22.8 Å². The molecule has 2 amide bonds. The van der Waals surface area contributed by atoms with Crippen molar-refractivity contribution in [1.82, 2.24) is 30.8 Å². The maximum atomic E-state index is 12.9. The standard InChI is InChI=1S/C22H18Cl2N10O4/c23-11-5-1-9(2-6-11)17-27-13(21(37)31-25)15(19(35)29-17)33-34-16-14(22(38)32-26)28-18(30-20(16)36)10-3-7-12(24)8-4-10/h1-8,33-34H,25-26H2,(H,31,37)(H,32,38)(H,27,29,35)(H,28,30,36). The molecule has 2 aromatic carbocycles. The Labute approximate surface area is 222 Å². The van der Waals surface area contributed by atoms with E-state index in [0.29, 0.717) is 21.2 Å². The quantitative estimate of drug-likeness (QED) is 0.0918. The first-order valence-electron chi connectivity index (χ1n) is 10.6. The molecule has 14 nitrogen and oxygen atoms in total. The van der Waals surface area contributed by atoms with E-state index in [1.165, 1.54) is 0 Å². The van der Waals surface area contributed by atoms with Crippen molar-refractivity contribution < 1.29 is 9.59 Å². The summed E-state index contributed by atoms with van der Waals surface area (Å²) in [6.45, 7) is 0. The third-order valence-corrected chi connectivity index (χ3v) is 5.58. The van der Waals surface area contributed by atoms with Crippen molar-refractivity contribution >= 4 is 46.4 Å². The molecule has 194 valence electrons. The van der Waals surface area contributed by atoms with Crippen LogP contribution in [0, 0.1) is 0 Å². The summed E-state index contributed by atoms with van der Waals surface area (Å²) in [5.74, 6) is 8.80. The number of H-pyrrole nitrogens is 2. The first kappa shape index (κ1) is 26.3. The highest BCUT2D eigenvalue weighted by molar-refractivity contribution is 6.30. The van der Waals surface area contributed by atoms with Crippen molar-refractivity contribution in [2.24, 2.45) is 11.7 Å². The molecule has 0 aliphatic carbocycles. The second-order valence-corrected chi connectivity index (χ2v) is 8.36. The summed E-state index contributed by atoms with van der Waals surface area (Å²) >= 11 is 11.8. The lowest BCUT2D eigenvalue weighted by atomic mass is 10.2. The minimum Gasteiger partial charge on any atom is -0.305 e. The fourth-order valence-electron chi connectivity index (χ4n) is 3.26. The van der Waals surface area contributed by atoms with Gasteiger partial charge in [-0.05, 0) is 48.5 Å². The van der Waals surface area contributed by atoms with Gasteiger partial charge in [0.05, 0.1) is 0 Å². The lowest BCUT2D eigenvalue weighted by molar-refractivity contribution is 0.0941. The number of aromatic amines is 2. The van der Waals surface area contributed by atoms with Crippen LogP contribution in [0.1, 0.15) is 21.0 Å². The molecule has 4 rings (SSSR count). The Kier molecular flexibility index (Phi) is 7.68. The number of nitrogens with one attached hydrogen (secondary N) is 6. The van der Waals surface area contributed by atoms with Gasteiger partial charge in [-0.3, -0.25) is 40.9 Å². The van der Waals surface area contributed by atoms with Crippen LogP contribution in [-0.4, -0.2) is 31.8 Å². The highest BCUT2D eigenvalue weighted by atomic mass is 35.5. The molecule has 0 saturated carbocycles. The summed E-state index contributed by atoms with van der Waals surface area (Å²) < 4.78 is 0. The van der Waals surface area contributed by atoms with Crippen molar-refractivity contribution in [3.63, 3.8) is 0 Å². The predicted molar refractivity (Wildman–Crippen MR) is 141 cm³/mol. The third-order valence-electron chi connectivity index (χ3n) is 5.08. The number of carbonyl (C=O) groups excluding carboxylic acids is 2. The second kappa shape index (κ2) is 11.1. The molecule has 0 saturated heterocycles. The van der Waals surface area contributed by atoms with Crippen LogP contribution >= 0.6 is 23.2 Å². The number of rotatable bonds is 7. The zero-order valence-corrected chi connectivity index (χ0v) is 20.6. The maximum Gasteiger partial charge on any atom is 0.286 e. The molecule has 0 aliphatic heterocycles. The van der Waals surface area contributed by atoms with Gasteiger partial charge in [-0.2, -0.15) is 0 Å². The fraction of sp³-hybridized carbons (Fsp3) is 0. The van der Waals surface area contributed by atoms with Crippen molar-refractivity contribution in [2.45, 2.75) is 0 Å². The van der Waals surface area contributed by atoms with Crippen LogP contribution in [-0.2, 0) is 0 Å². The summed E-state index contributed by atoms with van der Waals surface area (Å²) in [6, 6.07) is 12.6. The molecule has 2 aromatic heterocycles. The topological polar surface area (TPSA) is 226 Å². The van der Waals surface area contributed by atoms with E-state index in [9.17, 15) is 19.2 Å². The summed E-state index contributed by atoms with van der Waals surface area (Å²) in [4.78, 5) is 64.1. The van der Waals surface area contributed by atoms with Gasteiger partial charge in [0, 0.05) is 21.2 Å². The number of nitrogens with zero attached hydrogens (tertiary/aromatic N) is 2. The first-order chi connectivity index (χ1) is 18.2. The van der Waals surface area contributed by atoms with Crippen molar-refractivity contribution in [2.75, 3.05) is 10.9 Å². The van der Waals surface area contributed by atoms with E-state index in [0.717, 1.165) is 0 Å². The minimum absolute atomic E-state index is 0.0471. The van der Waals surface area contributed by atoms with Gasteiger partial charge in [0.1, 0.15) is 11.6 Å². The van der Waals surface area contributed by atoms with E-state index in [4.69, 9.17) is 34.9 Å². The summed E-state index contributed by atoms with van der Waals surface area (Å²) in [5, 5.41) is 0.911. The van der Waals surface area contributed by atoms with Crippen LogP contribution in [0.2, 0.25) is 10.0 Å². The van der Waals surface area contributed by atoms with Gasteiger partial charge in [0.2, 0.25) is 0 Å². The van der Waals surface area contributed by atoms with Crippen LogP contribution in [0.15, 0.2) is 58.1 Å². The summed E-state index contributed by atoms with van der Waals surface area (Å²) in [7, 11) is 0. The van der Waals surface area contributed by atoms with Crippen LogP contribution in [0.5, 0.6) is 0 Å². The second-order valence-electron chi connectivity index (χ2n) is 7.49. The van der Waals surface area contributed by atoms with E-state index >= 15 is 0 Å². The lowest BCUT2D eigenvalue weighted by Gasteiger charge is -2.15. The number of aromatic nitrogens is 4. The van der Waals surface area contributed by atoms with E-state index in [1.807, 2.05) is 10.9 Å². The molecule has 10 N–H and O–H groups in total. The van der Waals surface area contributed by atoms with Crippen molar-refractivity contribution in [3.05, 3.63) is 90.7 Å². The number of benzene rings is 2. The Morgan fingerprint density at radius 1 is 0.658 bits per heavy atom. The number of halogens is 2. The number of hydrogen-bond donors (Lipinski definition) is 8. The van der Waals surface area contributed by atoms with Crippen LogP contribution < -0.4 is 44.5 Å². The maximum absolute atomic E-state index is 12.9. The van der Waals surface area contributed by atoms with Crippen molar-refractivity contribution in [3.8, 4) is 22.8 Å². The average Bonchev–Trinajstić information content (AvgIpc) is 2.92. The van der Waals surface area contributed by atoms with Crippen LogP contribution in [0.25, 0.3) is 22.8 Å². The molecule has 4 aromatic rings. The largest absolute Gasteiger partial charge is 0.305 e. The molecule has 16 heteroatoms. The lowest BCUT2D eigenvalue weighted by Crippen LogP contribution is -2.36. The molecule has 2 heterocycles. The molecule has 0 radical (unpaired) electrons. The SMILES string of the molecule is NNC(=O)c1nc(-c2ccc(Cl)cc2)[nH]c(=O)c1NNc1c(C(=O)NN)nc(-c2ccc(Cl)cc2)[nH]c1=O. The van der Waals surface area contributed by atoms with E-state index in [-0.39, 0.29) is 11.6 Å². The Balaban J connectivity index is 1.74. The number of anilines is 2. The number of amides is 2. The number of carbonyl (C=O) groups is 2. The molecule has 0 fully saturated rings. The molecule has 0 bridgehead atoms. The monoisotopic (exact) mass is 556 g/mol. The van der Waals surface area contributed by atoms with E-state index in [1.54, 1.807) is 48.5 Å². The molecule has 38 heavy (non-hydrogen) atoms. The first-order valence-corrected chi connectivity index (χ1v) is 11.3. The van der Waals surface area contributed by atoms with E-state index in [2.05, 4.69) is 30.8 Å². The Hall–Kier alpha value is -4.76. The third kappa shape index (κ3) is 5.47. The number of hydrazine groups is 3. The normalized spacial score (nSPS) is 10.5. The van der Waals surface area contributed by atoms with Gasteiger partial charge in [-0.25, -0.2) is 21.7 Å². The minimum atomic E-state index is -0.916.